The minimum absolute atomic E-state index is 0.793. The van der Waals surface area contributed by atoms with Crippen molar-refractivity contribution in [2.75, 3.05) is 38.7 Å². The smallest absolute Gasteiger partial charge is 0.0510 e. The standard InChI is InChI=1S/C10H18ClNO/c11-3-1-4-12-5-2-9-7-13-8-10(9)6-12/h9-10H,1-8H2/t9-,10-/m1/s1. The summed E-state index contributed by atoms with van der Waals surface area (Å²) in [6.07, 6.45) is 2.45. The Morgan fingerprint density at radius 3 is 3.00 bits per heavy atom. The molecule has 0 saturated carbocycles. The van der Waals surface area contributed by atoms with Crippen LogP contribution in [0.25, 0.3) is 0 Å². The third-order valence-electron chi connectivity index (χ3n) is 3.25. The summed E-state index contributed by atoms with van der Waals surface area (Å²) in [6, 6.07) is 0. The molecule has 0 unspecified atom stereocenters. The number of ether oxygens (including phenoxy) is 1. The molecular weight excluding hydrogens is 186 g/mol. The first-order chi connectivity index (χ1) is 6.40. The number of nitrogens with zero attached hydrogens (tertiary/aromatic N) is 1. The molecule has 0 aromatic carbocycles. The van der Waals surface area contributed by atoms with E-state index in [0.29, 0.717) is 0 Å². The van der Waals surface area contributed by atoms with E-state index in [0.717, 1.165) is 37.4 Å². The Kier molecular flexibility index (Phi) is 3.47. The summed E-state index contributed by atoms with van der Waals surface area (Å²) in [5.74, 6) is 2.46. The van der Waals surface area contributed by atoms with Gasteiger partial charge in [0.2, 0.25) is 0 Å². The van der Waals surface area contributed by atoms with Crippen molar-refractivity contribution in [1.82, 2.24) is 4.90 Å². The van der Waals surface area contributed by atoms with E-state index in [9.17, 15) is 0 Å². The Bertz CT molecular complexity index is 165. The largest absolute Gasteiger partial charge is 0.381 e. The molecule has 2 aliphatic rings. The molecule has 0 aromatic heterocycles. The summed E-state index contributed by atoms with van der Waals surface area (Å²) in [7, 11) is 0. The molecule has 0 spiro atoms. The number of halogens is 1. The molecule has 0 aromatic rings. The Morgan fingerprint density at radius 1 is 1.31 bits per heavy atom. The van der Waals surface area contributed by atoms with E-state index in [1.807, 2.05) is 0 Å². The first-order valence-corrected chi connectivity index (χ1v) is 5.79. The fourth-order valence-corrected chi connectivity index (χ4v) is 2.54. The van der Waals surface area contributed by atoms with Crippen LogP contribution in [0.5, 0.6) is 0 Å². The fourth-order valence-electron chi connectivity index (χ4n) is 2.42. The number of likely N-dealkylation sites (tertiary alicyclic amines) is 1. The van der Waals surface area contributed by atoms with Crippen LogP contribution in [0.15, 0.2) is 0 Å². The molecule has 0 amide bonds. The molecule has 2 fully saturated rings. The topological polar surface area (TPSA) is 12.5 Å². The van der Waals surface area contributed by atoms with Crippen LogP contribution in [0.2, 0.25) is 0 Å². The summed E-state index contributed by atoms with van der Waals surface area (Å²) < 4.78 is 5.49. The van der Waals surface area contributed by atoms with Crippen molar-refractivity contribution in [3.63, 3.8) is 0 Å². The number of piperidine rings is 1. The van der Waals surface area contributed by atoms with Crippen molar-refractivity contribution in [2.45, 2.75) is 12.8 Å². The summed E-state index contributed by atoms with van der Waals surface area (Å²) in [6.45, 7) is 5.66. The van der Waals surface area contributed by atoms with E-state index in [2.05, 4.69) is 4.90 Å². The van der Waals surface area contributed by atoms with Crippen molar-refractivity contribution in [1.29, 1.82) is 0 Å². The quantitative estimate of drug-likeness (QED) is 0.646. The molecule has 0 radical (unpaired) electrons. The molecule has 2 heterocycles. The SMILES string of the molecule is ClCCCN1CC[C@@H]2COC[C@H]2C1. The van der Waals surface area contributed by atoms with Crippen LogP contribution in [0.3, 0.4) is 0 Å². The van der Waals surface area contributed by atoms with Crippen LogP contribution in [-0.2, 0) is 4.74 Å². The first-order valence-electron chi connectivity index (χ1n) is 5.26. The molecule has 2 atom stereocenters. The Hall–Kier alpha value is 0.210. The molecule has 3 heteroatoms. The normalized spacial score (nSPS) is 34.8. The van der Waals surface area contributed by atoms with Gasteiger partial charge in [0.05, 0.1) is 6.61 Å². The van der Waals surface area contributed by atoms with Gasteiger partial charge in [-0.05, 0) is 31.8 Å². The molecular formula is C10H18ClNO. The van der Waals surface area contributed by atoms with Crippen molar-refractivity contribution in [2.24, 2.45) is 11.8 Å². The molecule has 2 nitrogen and oxygen atoms in total. The number of hydrogen-bond acceptors (Lipinski definition) is 2. The second-order valence-corrected chi connectivity index (χ2v) is 4.57. The minimum Gasteiger partial charge on any atom is -0.381 e. The van der Waals surface area contributed by atoms with E-state index in [1.54, 1.807) is 0 Å². The number of fused-ring (bicyclic) bond motifs is 1. The highest BCUT2D eigenvalue weighted by Crippen LogP contribution is 2.29. The van der Waals surface area contributed by atoms with Crippen molar-refractivity contribution in [3.8, 4) is 0 Å². The molecule has 76 valence electrons. The predicted molar refractivity (Wildman–Crippen MR) is 54.2 cm³/mol. The van der Waals surface area contributed by atoms with Gasteiger partial charge in [-0.1, -0.05) is 0 Å². The Labute approximate surface area is 85.2 Å². The molecule has 0 N–H and O–H groups in total. The van der Waals surface area contributed by atoms with E-state index >= 15 is 0 Å². The van der Waals surface area contributed by atoms with Gasteiger partial charge in [-0.15, -0.1) is 11.6 Å². The minimum atomic E-state index is 0.793. The molecule has 2 aliphatic heterocycles. The third-order valence-corrected chi connectivity index (χ3v) is 3.51. The average molecular weight is 204 g/mol. The molecule has 2 saturated heterocycles. The second-order valence-electron chi connectivity index (χ2n) is 4.19. The van der Waals surface area contributed by atoms with Gasteiger partial charge in [-0.2, -0.15) is 0 Å². The van der Waals surface area contributed by atoms with E-state index in [4.69, 9.17) is 16.3 Å². The van der Waals surface area contributed by atoms with Crippen molar-refractivity contribution in [3.05, 3.63) is 0 Å². The van der Waals surface area contributed by atoms with Crippen molar-refractivity contribution >= 4 is 11.6 Å². The van der Waals surface area contributed by atoms with Gasteiger partial charge < -0.3 is 9.64 Å². The fraction of sp³-hybridized carbons (Fsp3) is 1.00. The van der Waals surface area contributed by atoms with Crippen LogP contribution in [0, 0.1) is 11.8 Å². The molecule has 13 heavy (non-hydrogen) atoms. The van der Waals surface area contributed by atoms with Crippen LogP contribution >= 0.6 is 11.6 Å². The average Bonchev–Trinajstić information content (AvgIpc) is 2.61. The van der Waals surface area contributed by atoms with Crippen LogP contribution in [-0.4, -0.2) is 43.6 Å². The zero-order valence-corrected chi connectivity index (χ0v) is 8.80. The lowest BCUT2D eigenvalue weighted by molar-refractivity contribution is 0.147. The molecule has 0 aliphatic carbocycles. The van der Waals surface area contributed by atoms with E-state index in [-0.39, 0.29) is 0 Å². The lowest BCUT2D eigenvalue weighted by Crippen LogP contribution is -2.40. The number of rotatable bonds is 3. The maximum atomic E-state index is 5.68. The number of hydrogen-bond donors (Lipinski definition) is 0. The first kappa shape index (κ1) is 9.75. The predicted octanol–water partition coefficient (Wildman–Crippen LogP) is 1.58. The van der Waals surface area contributed by atoms with E-state index in [1.165, 1.54) is 26.1 Å². The van der Waals surface area contributed by atoms with Gasteiger partial charge in [0.25, 0.3) is 0 Å². The van der Waals surface area contributed by atoms with Gasteiger partial charge in [0.15, 0.2) is 0 Å². The van der Waals surface area contributed by atoms with Gasteiger partial charge in [0.1, 0.15) is 0 Å². The number of alkyl halides is 1. The third kappa shape index (κ3) is 2.36. The van der Waals surface area contributed by atoms with Gasteiger partial charge in [-0.3, -0.25) is 0 Å². The monoisotopic (exact) mass is 203 g/mol. The Morgan fingerprint density at radius 2 is 2.15 bits per heavy atom. The zero-order chi connectivity index (χ0) is 9.10. The highest BCUT2D eigenvalue weighted by atomic mass is 35.5. The highest BCUT2D eigenvalue weighted by molar-refractivity contribution is 6.17. The summed E-state index contributed by atoms with van der Waals surface area (Å²) in [5, 5.41) is 0. The highest BCUT2D eigenvalue weighted by Gasteiger charge is 2.33. The van der Waals surface area contributed by atoms with Crippen LogP contribution in [0.4, 0.5) is 0 Å². The maximum Gasteiger partial charge on any atom is 0.0510 e. The van der Waals surface area contributed by atoms with Gasteiger partial charge in [0, 0.05) is 24.9 Å². The Balaban J connectivity index is 1.76. The van der Waals surface area contributed by atoms with Gasteiger partial charge in [-0.25, -0.2) is 0 Å². The van der Waals surface area contributed by atoms with Gasteiger partial charge >= 0.3 is 0 Å². The summed E-state index contributed by atoms with van der Waals surface area (Å²) in [4.78, 5) is 2.54. The maximum absolute atomic E-state index is 5.68. The second kappa shape index (κ2) is 4.63. The molecule has 2 rings (SSSR count). The molecule has 0 bridgehead atoms. The lowest BCUT2D eigenvalue weighted by atomic mass is 9.89. The van der Waals surface area contributed by atoms with Crippen molar-refractivity contribution < 1.29 is 4.74 Å². The lowest BCUT2D eigenvalue weighted by Gasteiger charge is -2.33. The zero-order valence-electron chi connectivity index (χ0n) is 8.04. The van der Waals surface area contributed by atoms with E-state index < -0.39 is 0 Å². The summed E-state index contributed by atoms with van der Waals surface area (Å²) >= 11 is 5.68. The van der Waals surface area contributed by atoms with Crippen LogP contribution < -0.4 is 0 Å². The summed E-state index contributed by atoms with van der Waals surface area (Å²) in [5.41, 5.74) is 0. The van der Waals surface area contributed by atoms with Crippen LogP contribution in [0.1, 0.15) is 12.8 Å².